The van der Waals surface area contributed by atoms with Gasteiger partial charge in [0.1, 0.15) is 6.04 Å². The summed E-state index contributed by atoms with van der Waals surface area (Å²) in [5.74, 6) is -0.988. The minimum atomic E-state index is -0.879. The molecular formula is C24H20N4O4S. The Morgan fingerprint density at radius 2 is 1.64 bits per heavy atom. The fourth-order valence-corrected chi connectivity index (χ4v) is 3.78. The molecule has 1 atom stereocenters. The number of hydrogen-bond donors (Lipinski definition) is 3. The van der Waals surface area contributed by atoms with Gasteiger partial charge in [-0.1, -0.05) is 48.5 Å². The Balaban J connectivity index is 1.41. The van der Waals surface area contributed by atoms with Gasteiger partial charge in [-0.15, -0.1) is 11.3 Å². The number of benzene rings is 2. The van der Waals surface area contributed by atoms with E-state index in [-0.39, 0.29) is 24.0 Å². The molecular weight excluding hydrogens is 440 g/mol. The molecule has 166 valence electrons. The number of hydrogen-bond acceptors (Lipinski definition) is 6. The first-order valence-corrected chi connectivity index (χ1v) is 11.0. The van der Waals surface area contributed by atoms with E-state index in [9.17, 15) is 14.4 Å². The van der Waals surface area contributed by atoms with Gasteiger partial charge >= 0.3 is 0 Å². The molecule has 2 heterocycles. The maximum absolute atomic E-state index is 12.9. The minimum absolute atomic E-state index is 0.0466. The Morgan fingerprint density at radius 1 is 0.909 bits per heavy atom. The number of anilines is 2. The molecule has 3 amide bonds. The Kier molecular flexibility index (Phi) is 6.91. The van der Waals surface area contributed by atoms with Crippen LogP contribution in [0.4, 0.5) is 10.8 Å². The van der Waals surface area contributed by atoms with Crippen molar-refractivity contribution in [1.82, 2.24) is 10.3 Å². The van der Waals surface area contributed by atoms with Gasteiger partial charge in [-0.25, -0.2) is 4.98 Å². The van der Waals surface area contributed by atoms with E-state index in [1.54, 1.807) is 53.9 Å². The number of thiazole rings is 1. The van der Waals surface area contributed by atoms with Crippen LogP contribution in [-0.4, -0.2) is 22.7 Å². The van der Waals surface area contributed by atoms with Crippen LogP contribution < -0.4 is 16.0 Å². The van der Waals surface area contributed by atoms with E-state index < -0.39 is 11.9 Å². The summed E-state index contributed by atoms with van der Waals surface area (Å²) in [6.07, 6.45) is 1.36. The molecule has 33 heavy (non-hydrogen) atoms. The van der Waals surface area contributed by atoms with Crippen LogP contribution in [-0.2, 0) is 16.0 Å². The van der Waals surface area contributed by atoms with Gasteiger partial charge in [0.25, 0.3) is 11.8 Å². The summed E-state index contributed by atoms with van der Waals surface area (Å²) in [6.45, 7) is 0. The lowest BCUT2D eigenvalue weighted by Crippen LogP contribution is -2.37. The second-order valence-electron chi connectivity index (χ2n) is 7.02. The molecule has 0 radical (unpaired) electrons. The van der Waals surface area contributed by atoms with E-state index in [1.165, 1.54) is 17.6 Å². The number of nitrogens with one attached hydrogen (secondary N) is 3. The number of carbonyl (C=O) groups excluding carboxylic acids is 3. The summed E-state index contributed by atoms with van der Waals surface area (Å²) in [7, 11) is 0. The average Bonchev–Trinajstić information content (AvgIpc) is 3.51. The van der Waals surface area contributed by atoms with Gasteiger partial charge in [-0.2, -0.15) is 0 Å². The van der Waals surface area contributed by atoms with Crippen LogP contribution in [0.1, 0.15) is 27.9 Å². The molecule has 4 aromatic rings. The van der Waals surface area contributed by atoms with E-state index in [0.717, 1.165) is 0 Å². The fraction of sp³-hybridized carbons (Fsp3) is 0.0833. The van der Waals surface area contributed by atoms with Crippen LogP contribution in [0.15, 0.2) is 88.9 Å². The van der Waals surface area contributed by atoms with Crippen molar-refractivity contribution in [1.29, 1.82) is 0 Å². The van der Waals surface area contributed by atoms with Crippen LogP contribution >= 0.6 is 11.3 Å². The number of carbonyl (C=O) groups is 3. The second-order valence-corrected chi connectivity index (χ2v) is 7.88. The standard InChI is InChI=1S/C24H20N4O4S/c29-20(14-18-15-33-24(26-18)28-22(30)19-12-7-13-32-19)27-21(16-8-3-1-4-9-16)23(31)25-17-10-5-2-6-11-17/h1-13,15,21H,14H2,(H,25,31)(H,27,29)(H,26,28,30). The molecule has 0 aliphatic rings. The smallest absolute Gasteiger partial charge is 0.293 e. The third kappa shape index (κ3) is 5.92. The molecule has 0 aliphatic carbocycles. The molecule has 4 rings (SSSR count). The maximum Gasteiger partial charge on any atom is 0.293 e. The van der Waals surface area contributed by atoms with Crippen LogP contribution in [0.3, 0.4) is 0 Å². The van der Waals surface area contributed by atoms with Gasteiger partial charge in [0.2, 0.25) is 5.91 Å². The zero-order valence-electron chi connectivity index (χ0n) is 17.4. The molecule has 2 aromatic carbocycles. The Labute approximate surface area is 193 Å². The van der Waals surface area contributed by atoms with E-state index in [0.29, 0.717) is 22.1 Å². The van der Waals surface area contributed by atoms with Crippen molar-refractivity contribution in [2.75, 3.05) is 10.6 Å². The number of para-hydroxylation sites is 1. The van der Waals surface area contributed by atoms with E-state index >= 15 is 0 Å². The van der Waals surface area contributed by atoms with Gasteiger partial charge in [0.15, 0.2) is 10.9 Å². The zero-order chi connectivity index (χ0) is 23.0. The Bertz CT molecular complexity index is 1220. The summed E-state index contributed by atoms with van der Waals surface area (Å²) in [5.41, 5.74) is 1.76. The highest BCUT2D eigenvalue weighted by molar-refractivity contribution is 7.14. The zero-order valence-corrected chi connectivity index (χ0v) is 18.2. The highest BCUT2D eigenvalue weighted by atomic mass is 32.1. The SMILES string of the molecule is O=C(Cc1csc(NC(=O)c2ccco2)n1)NC(C(=O)Nc1ccccc1)c1ccccc1. The predicted molar refractivity (Wildman–Crippen MR) is 125 cm³/mol. The van der Waals surface area contributed by atoms with Crippen LogP contribution in [0.5, 0.6) is 0 Å². The van der Waals surface area contributed by atoms with E-state index in [2.05, 4.69) is 20.9 Å². The average molecular weight is 461 g/mol. The molecule has 0 saturated heterocycles. The molecule has 3 N–H and O–H groups in total. The first-order chi connectivity index (χ1) is 16.1. The van der Waals surface area contributed by atoms with E-state index in [1.807, 2.05) is 24.3 Å². The van der Waals surface area contributed by atoms with Crippen LogP contribution in [0, 0.1) is 0 Å². The van der Waals surface area contributed by atoms with Crippen molar-refractivity contribution in [2.45, 2.75) is 12.5 Å². The minimum Gasteiger partial charge on any atom is -0.459 e. The number of nitrogens with zero attached hydrogens (tertiary/aromatic N) is 1. The molecule has 0 fully saturated rings. The highest BCUT2D eigenvalue weighted by Crippen LogP contribution is 2.19. The monoisotopic (exact) mass is 460 g/mol. The summed E-state index contributed by atoms with van der Waals surface area (Å²) < 4.78 is 5.05. The number of rotatable bonds is 8. The topological polar surface area (TPSA) is 113 Å². The van der Waals surface area contributed by atoms with Gasteiger partial charge in [0, 0.05) is 11.1 Å². The first kappa shape index (κ1) is 22.0. The predicted octanol–water partition coefficient (Wildman–Crippen LogP) is 4.03. The van der Waals surface area contributed by atoms with Crippen LogP contribution in [0.2, 0.25) is 0 Å². The van der Waals surface area contributed by atoms with E-state index in [4.69, 9.17) is 4.42 Å². The number of amides is 3. The molecule has 0 saturated carbocycles. The lowest BCUT2D eigenvalue weighted by atomic mass is 10.1. The van der Waals surface area contributed by atoms with Gasteiger partial charge < -0.3 is 15.1 Å². The van der Waals surface area contributed by atoms with Crippen molar-refractivity contribution in [3.63, 3.8) is 0 Å². The van der Waals surface area contributed by atoms with Crippen molar-refractivity contribution in [3.8, 4) is 0 Å². The summed E-state index contributed by atoms with van der Waals surface area (Å²) >= 11 is 1.20. The summed E-state index contributed by atoms with van der Waals surface area (Å²) in [5, 5.41) is 10.3. The first-order valence-electron chi connectivity index (χ1n) is 10.1. The lowest BCUT2D eigenvalue weighted by Gasteiger charge is -2.19. The summed E-state index contributed by atoms with van der Waals surface area (Å²) in [6, 6.07) is 20.3. The summed E-state index contributed by atoms with van der Waals surface area (Å²) in [4.78, 5) is 42.0. The van der Waals surface area contributed by atoms with Crippen molar-refractivity contribution < 1.29 is 18.8 Å². The Morgan fingerprint density at radius 3 is 2.33 bits per heavy atom. The van der Waals surface area contributed by atoms with Gasteiger partial charge in [-0.3, -0.25) is 19.7 Å². The van der Waals surface area contributed by atoms with Crippen molar-refractivity contribution in [3.05, 3.63) is 101 Å². The molecule has 9 heteroatoms. The normalized spacial score (nSPS) is 11.4. The molecule has 0 spiro atoms. The quantitative estimate of drug-likeness (QED) is 0.367. The Hall–Kier alpha value is -4.24. The second kappa shape index (κ2) is 10.4. The van der Waals surface area contributed by atoms with Gasteiger partial charge in [-0.05, 0) is 29.8 Å². The molecule has 1 unspecified atom stereocenters. The number of aromatic nitrogens is 1. The highest BCUT2D eigenvalue weighted by Gasteiger charge is 2.23. The molecule has 0 bridgehead atoms. The molecule has 2 aromatic heterocycles. The van der Waals surface area contributed by atoms with Crippen molar-refractivity contribution in [2.24, 2.45) is 0 Å². The lowest BCUT2D eigenvalue weighted by molar-refractivity contribution is -0.126. The third-order valence-corrected chi connectivity index (χ3v) is 5.41. The fourth-order valence-electron chi connectivity index (χ4n) is 3.07. The number of furan rings is 1. The molecule has 8 nitrogen and oxygen atoms in total. The van der Waals surface area contributed by atoms with Crippen LogP contribution in [0.25, 0.3) is 0 Å². The maximum atomic E-state index is 12.9. The van der Waals surface area contributed by atoms with Gasteiger partial charge in [0.05, 0.1) is 18.4 Å². The largest absolute Gasteiger partial charge is 0.459 e. The van der Waals surface area contributed by atoms with Crippen molar-refractivity contribution >= 4 is 39.9 Å². The molecule has 0 aliphatic heterocycles. The third-order valence-electron chi connectivity index (χ3n) is 4.60.